The van der Waals surface area contributed by atoms with Crippen LogP contribution >= 0.6 is 11.3 Å². The van der Waals surface area contributed by atoms with Crippen LogP contribution in [0, 0.1) is 0 Å². The zero-order valence-electron chi connectivity index (χ0n) is 12.4. The van der Waals surface area contributed by atoms with Gasteiger partial charge in [-0.05, 0) is 12.1 Å². The monoisotopic (exact) mass is 373 g/mol. The molecule has 3 rings (SSSR count). The van der Waals surface area contributed by atoms with Gasteiger partial charge in [0.15, 0.2) is 16.6 Å². The summed E-state index contributed by atoms with van der Waals surface area (Å²) in [6.45, 7) is -0.219. The lowest BCUT2D eigenvalue weighted by Gasteiger charge is -2.28. The summed E-state index contributed by atoms with van der Waals surface area (Å²) in [6, 6.07) is 5.89. The Balaban J connectivity index is 2.04. The van der Waals surface area contributed by atoms with Crippen LogP contribution in [0.4, 0.5) is 5.13 Å². The number of thiazole rings is 1. The van der Waals surface area contributed by atoms with Gasteiger partial charge in [0.25, 0.3) is 15.9 Å². The first kappa shape index (κ1) is 16.4. The number of benzene rings is 1. The van der Waals surface area contributed by atoms with Crippen molar-refractivity contribution >= 4 is 38.2 Å². The maximum Gasteiger partial charge on any atom is 0.278 e. The number of aromatic nitrogens is 1. The van der Waals surface area contributed by atoms with Crippen molar-refractivity contribution in [1.29, 1.82) is 0 Å². The van der Waals surface area contributed by atoms with Crippen molar-refractivity contribution in [3.8, 4) is 0 Å². The fraction of sp³-hybridized carbons (Fsp3) is 0.143. The van der Waals surface area contributed by atoms with Gasteiger partial charge in [-0.15, -0.1) is 0 Å². The van der Waals surface area contributed by atoms with Crippen molar-refractivity contribution in [2.24, 2.45) is 0 Å². The summed E-state index contributed by atoms with van der Waals surface area (Å²) < 4.78 is 25.8. The van der Waals surface area contributed by atoms with Crippen LogP contribution in [-0.4, -0.2) is 40.9 Å². The van der Waals surface area contributed by atoms with E-state index in [0.29, 0.717) is 4.88 Å². The molecule has 0 bridgehead atoms. The van der Waals surface area contributed by atoms with E-state index in [-0.39, 0.29) is 22.2 Å². The molecule has 1 aliphatic rings. The summed E-state index contributed by atoms with van der Waals surface area (Å²) in [5, 5.41) is 22.0. The van der Waals surface area contributed by atoms with Crippen molar-refractivity contribution < 1.29 is 23.4 Å². The molecule has 0 unspecified atom stereocenters. The molecule has 1 amide bonds. The summed E-state index contributed by atoms with van der Waals surface area (Å²) in [6.07, 6.45) is 1.39. The minimum atomic E-state index is -3.94. The number of nitrogens with one attached hydrogen (secondary N) is 1. The van der Waals surface area contributed by atoms with E-state index in [1.165, 1.54) is 31.4 Å². The molecule has 126 valence electrons. The topological polar surface area (TPSA) is 120 Å². The molecular weight excluding hydrogens is 360 g/mol. The van der Waals surface area contributed by atoms with Gasteiger partial charge in [0.2, 0.25) is 0 Å². The number of aliphatic hydroxyl groups excluding tert-OH is 2. The Morgan fingerprint density at radius 1 is 1.38 bits per heavy atom. The number of rotatable bonds is 3. The molecule has 1 aromatic carbocycles. The van der Waals surface area contributed by atoms with Gasteiger partial charge in [-0.1, -0.05) is 23.5 Å². The summed E-state index contributed by atoms with van der Waals surface area (Å²) in [5.74, 6) is -1.24. The van der Waals surface area contributed by atoms with Gasteiger partial charge in [-0.3, -0.25) is 14.4 Å². The fourth-order valence-electron chi connectivity index (χ4n) is 2.28. The second-order valence-corrected chi connectivity index (χ2v) is 7.96. The Bertz CT molecular complexity index is 949. The van der Waals surface area contributed by atoms with Gasteiger partial charge in [-0.25, -0.2) is 13.4 Å². The van der Waals surface area contributed by atoms with Crippen molar-refractivity contribution in [3.63, 3.8) is 0 Å². The number of aliphatic hydroxyl groups is 2. The summed E-state index contributed by atoms with van der Waals surface area (Å²) in [7, 11) is -2.75. The molecule has 2 aromatic rings. The molecule has 1 aliphatic heterocycles. The van der Waals surface area contributed by atoms with Crippen LogP contribution in [0.2, 0.25) is 0 Å². The lowest BCUT2D eigenvalue weighted by Crippen LogP contribution is -2.37. The average Bonchev–Trinajstić information content (AvgIpc) is 3.01. The third kappa shape index (κ3) is 2.54. The number of hydrogen-bond acceptors (Lipinski definition) is 7. The molecule has 1 aromatic heterocycles. The molecule has 0 radical (unpaired) electrons. The third-order valence-corrected chi connectivity index (χ3v) is 6.18. The summed E-state index contributed by atoms with van der Waals surface area (Å²) in [4.78, 5) is 16.8. The number of carbonyl (C=O) groups excluding carboxylic acids is 1. The van der Waals surface area contributed by atoms with E-state index >= 15 is 0 Å². The minimum absolute atomic E-state index is 0.0657. The number of sulfonamides is 1. The molecular formula is C14H13N3O5S2. The van der Waals surface area contributed by atoms with Crippen molar-refractivity contribution in [2.45, 2.75) is 11.5 Å². The third-order valence-electron chi connectivity index (χ3n) is 3.46. The van der Waals surface area contributed by atoms with Crippen molar-refractivity contribution in [3.05, 3.63) is 46.6 Å². The predicted octanol–water partition coefficient (Wildman–Crippen LogP) is 1.13. The standard InChI is InChI=1S/C14H13N3O5S2/c1-17-11(13(20)16-14-15-6-8(7-18)23-14)12(19)9-4-2-3-5-10(9)24(17,21)22/h2-6,18-19H,7H2,1H3,(H,15,16,20)/i2+1,3+1,4+1,5+1,9+1,10+1. The van der Waals surface area contributed by atoms with Gasteiger partial charge in [-0.2, -0.15) is 0 Å². The average molecular weight is 373 g/mol. The van der Waals surface area contributed by atoms with E-state index in [9.17, 15) is 18.3 Å². The number of amides is 1. The zero-order valence-corrected chi connectivity index (χ0v) is 14.1. The second-order valence-electron chi connectivity index (χ2n) is 4.91. The normalized spacial score (nSPS) is 16.0. The van der Waals surface area contributed by atoms with Crippen LogP contribution in [0.5, 0.6) is 0 Å². The highest BCUT2D eigenvalue weighted by molar-refractivity contribution is 7.89. The number of fused-ring (bicyclic) bond motifs is 1. The van der Waals surface area contributed by atoms with E-state index in [4.69, 9.17) is 5.11 Å². The van der Waals surface area contributed by atoms with Crippen LogP contribution in [0.15, 0.2) is 41.1 Å². The number of likely N-dealkylation sites (N-methyl/N-ethyl adjacent to an activating group) is 1. The largest absolute Gasteiger partial charge is 0.505 e. The van der Waals surface area contributed by atoms with Crippen LogP contribution < -0.4 is 5.32 Å². The second kappa shape index (κ2) is 5.89. The Morgan fingerprint density at radius 3 is 2.75 bits per heavy atom. The lowest BCUT2D eigenvalue weighted by molar-refractivity contribution is -0.113. The van der Waals surface area contributed by atoms with Gasteiger partial charge in [0, 0.05) is 18.8 Å². The molecule has 0 saturated heterocycles. The number of hydrogen-bond donors (Lipinski definition) is 3. The first-order valence-corrected chi connectivity index (χ1v) is 9.00. The number of anilines is 1. The molecule has 0 fully saturated rings. The van der Waals surface area contributed by atoms with Crippen LogP contribution in [0.1, 0.15) is 10.4 Å². The highest BCUT2D eigenvalue weighted by Gasteiger charge is 2.37. The maximum atomic E-state index is 12.5. The quantitative estimate of drug-likeness (QED) is 0.742. The molecule has 24 heavy (non-hydrogen) atoms. The Morgan fingerprint density at radius 2 is 2.08 bits per heavy atom. The number of nitrogens with zero attached hydrogens (tertiary/aromatic N) is 2. The Kier molecular flexibility index (Phi) is 4.03. The predicted molar refractivity (Wildman–Crippen MR) is 87.6 cm³/mol. The van der Waals surface area contributed by atoms with Crippen molar-refractivity contribution in [1.82, 2.24) is 9.29 Å². The molecule has 0 saturated carbocycles. The van der Waals surface area contributed by atoms with Crippen LogP contribution in [0.3, 0.4) is 0 Å². The zero-order chi connectivity index (χ0) is 17.5. The highest BCUT2D eigenvalue weighted by atomic mass is 32.2. The van der Waals surface area contributed by atoms with Gasteiger partial charge in [0.1, 0.15) is 0 Å². The van der Waals surface area contributed by atoms with Gasteiger partial charge in [0.05, 0.1) is 16.4 Å². The van der Waals surface area contributed by atoms with E-state index < -0.39 is 27.4 Å². The van der Waals surface area contributed by atoms with Crippen molar-refractivity contribution in [2.75, 3.05) is 12.4 Å². The maximum absolute atomic E-state index is 12.5. The molecule has 0 aliphatic carbocycles. The molecule has 2 heterocycles. The summed E-state index contributed by atoms with van der Waals surface area (Å²) in [5.41, 5.74) is -0.328. The number of carbonyl (C=O) groups is 1. The highest BCUT2D eigenvalue weighted by Crippen LogP contribution is 2.34. The van der Waals surface area contributed by atoms with E-state index in [2.05, 4.69) is 10.3 Å². The molecule has 10 heteroatoms. The lowest BCUT2D eigenvalue weighted by atomic mass is 10.4. The molecule has 0 spiro atoms. The summed E-state index contributed by atoms with van der Waals surface area (Å²) >= 11 is 1.05. The SMILES string of the molecule is CN1C(C(=O)Nc2ncc(CO)s2)=C(O)[13c]2[13cH][13cH][13cH][13cH][13c]2S1(=O)=O. The first-order valence-electron chi connectivity index (χ1n) is 6.74. The van der Waals surface area contributed by atoms with Crippen LogP contribution in [-0.2, 0) is 21.4 Å². The molecule has 0 atom stereocenters. The minimum Gasteiger partial charge on any atom is -0.505 e. The molecule has 3 N–H and O–H groups in total. The van der Waals surface area contributed by atoms with Gasteiger partial charge >= 0.3 is 0 Å². The van der Waals surface area contributed by atoms with E-state index in [0.717, 1.165) is 15.6 Å². The molecule has 8 nitrogen and oxygen atoms in total. The van der Waals surface area contributed by atoms with E-state index in [1.54, 1.807) is 6.07 Å². The fourth-order valence-corrected chi connectivity index (χ4v) is 4.34. The van der Waals surface area contributed by atoms with E-state index in [1.807, 2.05) is 0 Å². The Hall–Kier alpha value is -2.43. The Labute approximate surface area is 141 Å². The van der Waals surface area contributed by atoms with Gasteiger partial charge < -0.3 is 10.2 Å². The van der Waals surface area contributed by atoms with Crippen LogP contribution in [0.25, 0.3) is 5.76 Å². The smallest absolute Gasteiger partial charge is 0.278 e. The first-order chi connectivity index (χ1) is 11.4.